The van der Waals surface area contributed by atoms with Crippen molar-refractivity contribution in [2.45, 2.75) is 26.8 Å². The number of likely N-dealkylation sites (N-methyl/N-ethyl adjacent to an activating group) is 1. The van der Waals surface area contributed by atoms with Gasteiger partial charge in [0.15, 0.2) is 0 Å². The number of rotatable bonds is 7. The SMILES string of the molecule is CCN(CC)CCN1C(=O)C(=O)/C(=C(/O)c2ccc(Cl)cc2)[C@H]1c1ccc(C)cc1. The lowest BCUT2D eigenvalue weighted by molar-refractivity contribution is -0.140. The van der Waals surface area contributed by atoms with Crippen LogP contribution in [-0.2, 0) is 9.59 Å². The molecule has 0 radical (unpaired) electrons. The summed E-state index contributed by atoms with van der Waals surface area (Å²) in [5.41, 5.74) is 2.45. The zero-order chi connectivity index (χ0) is 21.8. The molecule has 1 aliphatic rings. The van der Waals surface area contributed by atoms with Crippen LogP contribution in [-0.4, -0.2) is 52.8 Å². The summed E-state index contributed by atoms with van der Waals surface area (Å²) >= 11 is 5.96. The fourth-order valence-corrected chi connectivity index (χ4v) is 3.88. The van der Waals surface area contributed by atoms with Crippen molar-refractivity contribution >= 4 is 29.1 Å². The molecule has 0 bridgehead atoms. The van der Waals surface area contributed by atoms with Crippen molar-refractivity contribution in [1.82, 2.24) is 9.80 Å². The van der Waals surface area contributed by atoms with Gasteiger partial charge in [0.1, 0.15) is 5.76 Å². The molecule has 158 valence electrons. The van der Waals surface area contributed by atoms with Crippen LogP contribution in [0.3, 0.4) is 0 Å². The minimum absolute atomic E-state index is 0.116. The minimum atomic E-state index is -0.660. The normalized spacial score (nSPS) is 18.4. The Hall–Kier alpha value is -2.63. The number of aliphatic hydroxyl groups excluding tert-OH is 1. The van der Waals surface area contributed by atoms with E-state index in [0.29, 0.717) is 23.7 Å². The average Bonchev–Trinajstić information content (AvgIpc) is 3.00. The van der Waals surface area contributed by atoms with Gasteiger partial charge in [-0.1, -0.05) is 55.3 Å². The van der Waals surface area contributed by atoms with Crippen molar-refractivity contribution in [2.75, 3.05) is 26.2 Å². The number of aliphatic hydroxyl groups is 1. The third-order valence-corrected chi connectivity index (χ3v) is 5.85. The lowest BCUT2D eigenvalue weighted by Gasteiger charge is -2.28. The van der Waals surface area contributed by atoms with Crippen molar-refractivity contribution < 1.29 is 14.7 Å². The number of ketones is 1. The van der Waals surface area contributed by atoms with E-state index in [2.05, 4.69) is 18.7 Å². The molecule has 0 spiro atoms. The van der Waals surface area contributed by atoms with E-state index in [4.69, 9.17) is 11.6 Å². The highest BCUT2D eigenvalue weighted by molar-refractivity contribution is 6.46. The summed E-state index contributed by atoms with van der Waals surface area (Å²) in [5.74, 6) is -1.42. The molecule has 1 atom stereocenters. The zero-order valence-electron chi connectivity index (χ0n) is 17.6. The number of amides is 1. The van der Waals surface area contributed by atoms with Crippen molar-refractivity contribution in [3.05, 3.63) is 75.8 Å². The van der Waals surface area contributed by atoms with Crippen molar-refractivity contribution in [2.24, 2.45) is 0 Å². The molecule has 2 aromatic carbocycles. The van der Waals surface area contributed by atoms with E-state index < -0.39 is 17.7 Å². The molecule has 1 saturated heterocycles. The Bertz CT molecular complexity index is 947. The quantitative estimate of drug-likeness (QED) is 0.404. The molecule has 1 fully saturated rings. The molecular weight excluding hydrogens is 400 g/mol. The Balaban J connectivity index is 2.08. The lowest BCUT2D eigenvalue weighted by Crippen LogP contribution is -2.38. The Morgan fingerprint density at radius 1 is 1.03 bits per heavy atom. The molecule has 2 aromatic rings. The van der Waals surface area contributed by atoms with E-state index >= 15 is 0 Å². The number of aryl methyl sites for hydroxylation is 1. The molecule has 0 saturated carbocycles. The number of hydrogen-bond donors (Lipinski definition) is 1. The number of hydrogen-bond acceptors (Lipinski definition) is 4. The molecule has 3 rings (SSSR count). The van der Waals surface area contributed by atoms with Gasteiger partial charge in [-0.3, -0.25) is 9.59 Å². The molecule has 30 heavy (non-hydrogen) atoms. The maximum Gasteiger partial charge on any atom is 0.295 e. The standard InChI is InChI=1S/C24H27ClN2O3/c1-4-26(5-2)14-15-27-21(17-8-6-16(3)7-9-17)20(23(29)24(27)30)22(28)18-10-12-19(25)13-11-18/h6-13,21,28H,4-5,14-15H2,1-3H3/b22-20+/t21-/m1/s1. The summed E-state index contributed by atoms with van der Waals surface area (Å²) in [6, 6.07) is 13.7. The molecule has 1 N–H and O–H groups in total. The van der Waals surface area contributed by atoms with Gasteiger partial charge in [-0.05, 0) is 49.8 Å². The van der Waals surface area contributed by atoms with Gasteiger partial charge in [0.25, 0.3) is 11.7 Å². The van der Waals surface area contributed by atoms with Crippen LogP contribution < -0.4 is 0 Å². The summed E-state index contributed by atoms with van der Waals surface area (Å²) < 4.78 is 0. The number of carbonyl (C=O) groups excluding carboxylic acids is 2. The van der Waals surface area contributed by atoms with Gasteiger partial charge < -0.3 is 14.9 Å². The Labute approximate surface area is 182 Å². The predicted molar refractivity (Wildman–Crippen MR) is 119 cm³/mol. The summed E-state index contributed by atoms with van der Waals surface area (Å²) in [5, 5.41) is 11.5. The van der Waals surface area contributed by atoms with Crippen LogP contribution in [0, 0.1) is 6.92 Å². The predicted octanol–water partition coefficient (Wildman–Crippen LogP) is 4.41. The second-order valence-corrected chi connectivity index (χ2v) is 7.87. The van der Waals surface area contributed by atoms with Crippen LogP contribution in [0.5, 0.6) is 0 Å². The number of nitrogens with zero attached hydrogens (tertiary/aromatic N) is 2. The molecule has 1 amide bonds. The Morgan fingerprint density at radius 3 is 2.20 bits per heavy atom. The second-order valence-electron chi connectivity index (χ2n) is 7.44. The first-order valence-electron chi connectivity index (χ1n) is 10.2. The van der Waals surface area contributed by atoms with Gasteiger partial charge in [0.05, 0.1) is 11.6 Å². The maximum absolute atomic E-state index is 13.0. The zero-order valence-corrected chi connectivity index (χ0v) is 18.3. The van der Waals surface area contributed by atoms with Gasteiger partial charge in [0.2, 0.25) is 0 Å². The van der Waals surface area contributed by atoms with Crippen LogP contribution in [0.1, 0.15) is 36.6 Å². The van der Waals surface area contributed by atoms with E-state index in [9.17, 15) is 14.7 Å². The number of benzene rings is 2. The van der Waals surface area contributed by atoms with Gasteiger partial charge in [0, 0.05) is 23.7 Å². The van der Waals surface area contributed by atoms with Gasteiger partial charge >= 0.3 is 0 Å². The second kappa shape index (κ2) is 9.45. The van der Waals surface area contributed by atoms with E-state index in [-0.39, 0.29) is 11.3 Å². The van der Waals surface area contributed by atoms with Gasteiger partial charge in [-0.2, -0.15) is 0 Å². The number of carbonyl (C=O) groups is 2. The van der Waals surface area contributed by atoms with Gasteiger partial charge in [-0.25, -0.2) is 0 Å². The number of halogens is 1. The first-order chi connectivity index (χ1) is 14.4. The van der Waals surface area contributed by atoms with Crippen molar-refractivity contribution in [3.63, 3.8) is 0 Å². The summed E-state index contributed by atoms with van der Waals surface area (Å²) in [6.45, 7) is 8.90. The molecule has 0 unspecified atom stereocenters. The van der Waals surface area contributed by atoms with Crippen LogP contribution in [0.25, 0.3) is 5.76 Å². The molecule has 1 aliphatic heterocycles. The van der Waals surface area contributed by atoms with E-state index in [1.165, 1.54) is 0 Å². The largest absolute Gasteiger partial charge is 0.507 e. The Kier molecular flexibility index (Phi) is 6.95. The summed E-state index contributed by atoms with van der Waals surface area (Å²) in [7, 11) is 0. The highest BCUT2D eigenvalue weighted by Crippen LogP contribution is 2.39. The van der Waals surface area contributed by atoms with Crippen molar-refractivity contribution in [3.8, 4) is 0 Å². The van der Waals surface area contributed by atoms with E-state index in [0.717, 1.165) is 24.2 Å². The number of likely N-dealkylation sites (tertiary alicyclic amines) is 1. The third kappa shape index (κ3) is 4.42. The fraction of sp³-hybridized carbons (Fsp3) is 0.333. The number of Topliss-reactive ketones (excluding diaryl/α,β-unsaturated/α-hetero) is 1. The molecule has 5 nitrogen and oxygen atoms in total. The topological polar surface area (TPSA) is 60.9 Å². The molecule has 0 aromatic heterocycles. The lowest BCUT2D eigenvalue weighted by atomic mass is 9.95. The summed E-state index contributed by atoms with van der Waals surface area (Å²) in [6.07, 6.45) is 0. The van der Waals surface area contributed by atoms with Crippen LogP contribution >= 0.6 is 11.6 Å². The fourth-order valence-electron chi connectivity index (χ4n) is 3.76. The third-order valence-electron chi connectivity index (χ3n) is 5.60. The highest BCUT2D eigenvalue weighted by Gasteiger charge is 2.45. The first kappa shape index (κ1) is 22.1. The molecule has 1 heterocycles. The van der Waals surface area contributed by atoms with Gasteiger partial charge in [-0.15, -0.1) is 0 Å². The van der Waals surface area contributed by atoms with Crippen LogP contribution in [0.4, 0.5) is 0 Å². The molecular formula is C24H27ClN2O3. The average molecular weight is 427 g/mol. The van der Waals surface area contributed by atoms with Crippen LogP contribution in [0.15, 0.2) is 54.1 Å². The first-order valence-corrected chi connectivity index (χ1v) is 10.6. The highest BCUT2D eigenvalue weighted by atomic mass is 35.5. The van der Waals surface area contributed by atoms with Crippen LogP contribution in [0.2, 0.25) is 5.02 Å². The maximum atomic E-state index is 13.0. The minimum Gasteiger partial charge on any atom is -0.507 e. The smallest absolute Gasteiger partial charge is 0.295 e. The summed E-state index contributed by atoms with van der Waals surface area (Å²) in [4.78, 5) is 29.7. The van der Waals surface area contributed by atoms with Crippen molar-refractivity contribution in [1.29, 1.82) is 0 Å². The monoisotopic (exact) mass is 426 g/mol. The van der Waals surface area contributed by atoms with E-state index in [1.54, 1.807) is 29.2 Å². The molecule has 0 aliphatic carbocycles. The van der Waals surface area contributed by atoms with E-state index in [1.807, 2.05) is 31.2 Å². The Morgan fingerprint density at radius 2 is 1.63 bits per heavy atom. The molecule has 6 heteroatoms.